The maximum absolute atomic E-state index is 9.61. The Morgan fingerprint density at radius 3 is 1.70 bits per heavy atom. The van der Waals surface area contributed by atoms with Crippen molar-refractivity contribution in [2.24, 2.45) is 0 Å². The summed E-state index contributed by atoms with van der Waals surface area (Å²) in [4.78, 5) is 9.61. The molecule has 1 unspecified atom stereocenters. The summed E-state index contributed by atoms with van der Waals surface area (Å²) in [5, 5.41) is 16.1. The summed E-state index contributed by atoms with van der Waals surface area (Å²) < 4.78 is 0. The average molecular weight is 175 g/mol. The Kier molecular flexibility index (Phi) is 32.0. The zero-order chi connectivity index (χ0) is 5.86. The number of hydrogen-bond donors (Lipinski definition) is 2. The first kappa shape index (κ1) is 22.9. The van der Waals surface area contributed by atoms with Crippen molar-refractivity contribution in [1.29, 1.82) is 0 Å². The van der Waals surface area contributed by atoms with E-state index in [4.69, 9.17) is 10.2 Å². The van der Waals surface area contributed by atoms with E-state index in [9.17, 15) is 4.79 Å². The molecule has 0 fully saturated rings. The molecule has 0 aliphatic heterocycles. The molecule has 6 heteroatoms. The average Bonchev–Trinajstić information content (AvgIpc) is 1.27. The van der Waals surface area contributed by atoms with E-state index in [1.807, 2.05) is 0 Å². The quantitative estimate of drug-likeness (QED) is 0.464. The molecule has 0 amide bonds. The first-order valence-corrected chi connectivity index (χ1v) is 1.86. The van der Waals surface area contributed by atoms with Crippen molar-refractivity contribution in [3.05, 3.63) is 6.92 Å². The fraction of sp³-hybridized carbons (Fsp3) is 0.500. The third kappa shape index (κ3) is 22.4. The van der Waals surface area contributed by atoms with Crippen LogP contribution in [-0.2, 0) is 4.79 Å². The number of rotatable bonds is 2. The van der Waals surface area contributed by atoms with Gasteiger partial charge in [0.05, 0.1) is 12.5 Å². The van der Waals surface area contributed by atoms with E-state index in [1.54, 1.807) is 0 Å². The third-order valence-electron chi connectivity index (χ3n) is 0.410. The summed E-state index contributed by atoms with van der Waals surface area (Å²) in [6.45, 7) is 3.05. The number of carboxylic acid groups (broad SMARTS) is 1. The molecule has 0 spiro atoms. The van der Waals surface area contributed by atoms with E-state index in [2.05, 4.69) is 6.92 Å². The van der Waals surface area contributed by atoms with Gasteiger partial charge in [-0.2, -0.15) is 0 Å². The van der Waals surface area contributed by atoms with Crippen LogP contribution in [0.5, 0.6) is 0 Å². The third-order valence-corrected chi connectivity index (χ3v) is 0.410. The van der Waals surface area contributed by atoms with Crippen LogP contribution in [0, 0.1) is 6.92 Å². The van der Waals surface area contributed by atoms with E-state index >= 15 is 0 Å². The molecule has 1 atom stereocenters. The number of aliphatic carboxylic acids is 1. The minimum absolute atomic E-state index is 0. The zero-order valence-corrected chi connectivity index (χ0v) is 3.79. The van der Waals surface area contributed by atoms with Gasteiger partial charge in [-0.1, -0.05) is 0 Å². The second-order valence-electron chi connectivity index (χ2n) is 1.25. The Bertz CT molecular complexity index is 76.1. The van der Waals surface area contributed by atoms with Crippen LogP contribution >= 0.6 is 0 Å². The zero-order valence-electron chi connectivity index (χ0n) is 3.79. The van der Waals surface area contributed by atoms with Crippen LogP contribution in [0.1, 0.15) is 6.42 Å². The van der Waals surface area contributed by atoms with Crippen LogP contribution in [-0.4, -0.2) is 111 Å². The van der Waals surface area contributed by atoms with Crippen molar-refractivity contribution in [1.82, 2.24) is 0 Å². The molecule has 2 N–H and O–H groups in total. The molecule has 10 heavy (non-hydrogen) atoms. The Morgan fingerprint density at radius 2 is 1.70 bits per heavy atom. The molecule has 0 bridgehead atoms. The number of carbonyl (C=O) groups is 1. The summed E-state index contributed by atoms with van der Waals surface area (Å²) >= 11 is 0. The second-order valence-corrected chi connectivity index (χ2v) is 1.25. The van der Waals surface area contributed by atoms with Crippen LogP contribution in [0.2, 0.25) is 0 Å². The molecule has 0 aromatic heterocycles. The van der Waals surface area contributed by atoms with E-state index in [0.717, 1.165) is 0 Å². The van der Waals surface area contributed by atoms with Crippen molar-refractivity contribution in [2.45, 2.75) is 12.5 Å². The number of aliphatic hydroxyl groups is 1. The van der Waals surface area contributed by atoms with Gasteiger partial charge in [-0.25, -0.2) is 0 Å². The van der Waals surface area contributed by atoms with Gasteiger partial charge in [0.15, 0.2) is 0 Å². The van der Waals surface area contributed by atoms with E-state index in [0.29, 0.717) is 0 Å². The van der Waals surface area contributed by atoms with Crippen LogP contribution in [0.25, 0.3) is 0 Å². The molecular formula is C4H10Na3O3. The molecular weight excluding hydrogens is 165 g/mol. The molecule has 0 rings (SSSR count). The van der Waals surface area contributed by atoms with Gasteiger partial charge in [-0.05, 0) is 6.92 Å². The van der Waals surface area contributed by atoms with Gasteiger partial charge in [0.25, 0.3) is 0 Å². The molecule has 0 aliphatic carbocycles. The number of hydrogen-bond acceptors (Lipinski definition) is 2. The second kappa shape index (κ2) is 14.0. The Hall–Kier alpha value is 2.43. The summed E-state index contributed by atoms with van der Waals surface area (Å²) in [6.07, 6.45) is -1.25. The standard InChI is InChI=1S/C4H7O3.3Na.3H/c1-3(5)2-4(6)7;;;;;;/h3,5H,1-2H2,(H,6,7);;;;;;. The molecule has 3 nitrogen and oxygen atoms in total. The maximum atomic E-state index is 9.61. The molecule has 0 heterocycles. The van der Waals surface area contributed by atoms with Crippen LogP contribution in [0.15, 0.2) is 0 Å². The van der Waals surface area contributed by atoms with Crippen LogP contribution in [0.3, 0.4) is 0 Å². The SMILES string of the molecule is [CH2]C(O)CC(=O)O.[NaH].[NaH].[NaH]. The van der Waals surface area contributed by atoms with Crippen molar-refractivity contribution in [3.63, 3.8) is 0 Å². The van der Waals surface area contributed by atoms with Crippen molar-refractivity contribution in [3.8, 4) is 0 Å². The van der Waals surface area contributed by atoms with Gasteiger partial charge >= 0.3 is 94.6 Å². The Labute approximate surface area is 127 Å². The normalized spacial score (nSPS) is 9.40. The van der Waals surface area contributed by atoms with E-state index < -0.39 is 12.1 Å². The molecule has 0 aromatic rings. The van der Waals surface area contributed by atoms with Crippen LogP contribution < -0.4 is 0 Å². The minimum atomic E-state index is -1.03. The first-order chi connectivity index (χ1) is 3.13. The van der Waals surface area contributed by atoms with Gasteiger partial charge in [0.2, 0.25) is 0 Å². The summed E-state index contributed by atoms with van der Waals surface area (Å²) in [7, 11) is 0. The topological polar surface area (TPSA) is 57.5 Å². The van der Waals surface area contributed by atoms with Gasteiger partial charge in [0.1, 0.15) is 0 Å². The number of aliphatic hydroxyl groups excluding tert-OH is 1. The summed E-state index contributed by atoms with van der Waals surface area (Å²) in [5.41, 5.74) is 0. The molecule has 1 radical (unpaired) electrons. The summed E-state index contributed by atoms with van der Waals surface area (Å²) in [5.74, 6) is -1.03. The molecule has 0 saturated carbocycles. The van der Waals surface area contributed by atoms with Gasteiger partial charge in [0, 0.05) is 0 Å². The molecule has 0 saturated heterocycles. The van der Waals surface area contributed by atoms with Crippen LogP contribution in [0.4, 0.5) is 0 Å². The van der Waals surface area contributed by atoms with Gasteiger partial charge < -0.3 is 10.2 Å². The van der Waals surface area contributed by atoms with Crippen molar-refractivity contribution < 1.29 is 15.0 Å². The molecule has 47 valence electrons. The van der Waals surface area contributed by atoms with Gasteiger partial charge in [-0.3, -0.25) is 4.79 Å². The van der Waals surface area contributed by atoms with Crippen molar-refractivity contribution in [2.75, 3.05) is 0 Å². The predicted octanol–water partition coefficient (Wildman–Crippen LogP) is -2.29. The molecule has 0 aliphatic rings. The fourth-order valence-corrected chi connectivity index (χ4v) is 0.202. The van der Waals surface area contributed by atoms with E-state index in [1.165, 1.54) is 0 Å². The summed E-state index contributed by atoms with van der Waals surface area (Å²) in [6, 6.07) is 0. The van der Waals surface area contributed by atoms with Crippen molar-refractivity contribution >= 4 is 94.6 Å². The van der Waals surface area contributed by atoms with E-state index in [-0.39, 0.29) is 95.1 Å². The Balaban J connectivity index is -0.0000000600. The fourth-order valence-electron chi connectivity index (χ4n) is 0.202. The predicted molar refractivity (Wildman–Crippen MR) is 45.1 cm³/mol. The first-order valence-electron chi connectivity index (χ1n) is 1.86. The molecule has 0 aromatic carbocycles. The Morgan fingerprint density at radius 1 is 1.40 bits per heavy atom. The monoisotopic (exact) mass is 175 g/mol. The van der Waals surface area contributed by atoms with Gasteiger partial charge in [-0.15, -0.1) is 0 Å². The number of carboxylic acids is 1.